The number of hydrogen-bond acceptors (Lipinski definition) is 4. The summed E-state index contributed by atoms with van der Waals surface area (Å²) in [6.45, 7) is 10.0. The molecule has 0 spiro atoms. The van der Waals surface area contributed by atoms with Gasteiger partial charge in [-0.1, -0.05) is 6.92 Å². The van der Waals surface area contributed by atoms with Gasteiger partial charge in [-0.15, -0.1) is 0 Å². The largest absolute Gasteiger partial charge is 0.301 e. The molecule has 0 aromatic rings. The van der Waals surface area contributed by atoms with Gasteiger partial charge in [-0.25, -0.2) is 0 Å². The average molecular weight is 290 g/mol. The quantitative estimate of drug-likeness (QED) is 0.739. The molecule has 1 atom stereocenters. The lowest BCUT2D eigenvalue weighted by molar-refractivity contribution is 0.104. The molecule has 1 saturated heterocycles. The minimum absolute atomic E-state index is 0.283. The van der Waals surface area contributed by atoms with Crippen LogP contribution < -0.4 is 5.32 Å². The molecule has 1 aliphatic heterocycles. The van der Waals surface area contributed by atoms with E-state index in [-0.39, 0.29) is 5.54 Å². The minimum atomic E-state index is -0.283. The first-order valence-corrected chi connectivity index (χ1v) is 8.87. The van der Waals surface area contributed by atoms with Crippen LogP contribution in [0.25, 0.3) is 0 Å². The Hall–Kier alpha value is -0.630. The molecule has 3 aliphatic rings. The van der Waals surface area contributed by atoms with Gasteiger partial charge in [-0.05, 0) is 50.5 Å². The van der Waals surface area contributed by atoms with E-state index in [0.717, 1.165) is 38.5 Å². The predicted octanol–water partition coefficient (Wildman–Crippen LogP) is 1.69. The fraction of sp³-hybridized carbons (Fsp3) is 0.941. The zero-order chi connectivity index (χ0) is 14.7. The Bertz CT molecular complexity index is 375. The van der Waals surface area contributed by atoms with Gasteiger partial charge < -0.3 is 4.90 Å². The molecule has 0 bridgehead atoms. The maximum Gasteiger partial charge on any atom is 0.122 e. The van der Waals surface area contributed by atoms with Crippen molar-refractivity contribution in [1.82, 2.24) is 15.1 Å². The molecule has 0 aromatic carbocycles. The van der Waals surface area contributed by atoms with Crippen LogP contribution in [0.1, 0.15) is 39.0 Å². The van der Waals surface area contributed by atoms with Crippen molar-refractivity contribution in [1.29, 1.82) is 5.26 Å². The van der Waals surface area contributed by atoms with E-state index in [9.17, 15) is 5.26 Å². The molecule has 0 aromatic heterocycles. The second kappa shape index (κ2) is 6.64. The Morgan fingerprint density at radius 3 is 2.29 bits per heavy atom. The molecule has 3 fully saturated rings. The first-order valence-electron chi connectivity index (χ1n) is 8.87. The van der Waals surface area contributed by atoms with Crippen LogP contribution in [0, 0.1) is 23.2 Å². The maximum absolute atomic E-state index is 9.77. The van der Waals surface area contributed by atoms with Gasteiger partial charge in [0.2, 0.25) is 0 Å². The molecule has 0 radical (unpaired) electrons. The molecule has 2 saturated carbocycles. The highest BCUT2D eigenvalue weighted by Crippen LogP contribution is 2.40. The van der Waals surface area contributed by atoms with E-state index in [4.69, 9.17) is 0 Å². The minimum Gasteiger partial charge on any atom is -0.301 e. The Kier molecular flexibility index (Phi) is 4.83. The van der Waals surface area contributed by atoms with Crippen molar-refractivity contribution in [3.05, 3.63) is 0 Å². The van der Waals surface area contributed by atoms with Gasteiger partial charge in [0.15, 0.2) is 0 Å². The summed E-state index contributed by atoms with van der Waals surface area (Å²) < 4.78 is 0. The van der Waals surface area contributed by atoms with Crippen LogP contribution in [0.3, 0.4) is 0 Å². The Morgan fingerprint density at radius 2 is 1.76 bits per heavy atom. The molecule has 4 nitrogen and oxygen atoms in total. The van der Waals surface area contributed by atoms with Gasteiger partial charge in [0, 0.05) is 39.3 Å². The number of piperazine rings is 1. The molecule has 4 heteroatoms. The van der Waals surface area contributed by atoms with Gasteiger partial charge in [0.25, 0.3) is 0 Å². The Labute approximate surface area is 129 Å². The molecule has 2 aliphatic carbocycles. The third-order valence-electron chi connectivity index (χ3n) is 5.32. The fourth-order valence-electron chi connectivity index (χ4n) is 3.57. The zero-order valence-corrected chi connectivity index (χ0v) is 13.5. The first kappa shape index (κ1) is 15.3. The van der Waals surface area contributed by atoms with Crippen molar-refractivity contribution in [2.24, 2.45) is 11.8 Å². The van der Waals surface area contributed by atoms with Crippen LogP contribution in [-0.2, 0) is 0 Å². The number of hydrogen-bond donors (Lipinski definition) is 1. The van der Waals surface area contributed by atoms with Crippen LogP contribution in [0.5, 0.6) is 0 Å². The summed E-state index contributed by atoms with van der Waals surface area (Å²) in [4.78, 5) is 5.15. The molecular formula is C17H30N4. The number of nitrogens with one attached hydrogen (secondary N) is 1. The lowest BCUT2D eigenvalue weighted by atomic mass is 9.93. The van der Waals surface area contributed by atoms with E-state index in [2.05, 4.69) is 28.1 Å². The summed E-state index contributed by atoms with van der Waals surface area (Å²) >= 11 is 0. The molecule has 21 heavy (non-hydrogen) atoms. The summed E-state index contributed by atoms with van der Waals surface area (Å²) in [6.07, 6.45) is 6.45. The van der Waals surface area contributed by atoms with Crippen molar-refractivity contribution >= 4 is 0 Å². The van der Waals surface area contributed by atoms with Gasteiger partial charge in [0.1, 0.15) is 5.54 Å². The van der Waals surface area contributed by atoms with Crippen LogP contribution in [0.15, 0.2) is 0 Å². The maximum atomic E-state index is 9.77. The Balaban J connectivity index is 1.50. The highest BCUT2D eigenvalue weighted by molar-refractivity contribution is 5.16. The molecule has 0 amide bonds. The third-order valence-corrected chi connectivity index (χ3v) is 5.32. The van der Waals surface area contributed by atoms with Gasteiger partial charge in [-0.2, -0.15) is 5.26 Å². The van der Waals surface area contributed by atoms with Gasteiger partial charge in [0.05, 0.1) is 6.07 Å². The lowest BCUT2D eigenvalue weighted by Crippen LogP contribution is -2.58. The lowest BCUT2D eigenvalue weighted by Gasteiger charge is -2.39. The van der Waals surface area contributed by atoms with E-state index in [1.165, 1.54) is 45.3 Å². The SMILES string of the molecule is CCCNC(C#N)(CN1CCN(CC2CC2)CC1)C1CC1. The standard InChI is InChI=1S/C17H30N4/c1-2-7-19-17(13-18,16-5-6-16)14-21-10-8-20(9-11-21)12-15-3-4-15/h15-16,19H,2-12,14H2,1H3. The molecule has 118 valence electrons. The second-order valence-corrected chi connectivity index (χ2v) is 7.30. The normalized spacial score (nSPS) is 27.2. The van der Waals surface area contributed by atoms with E-state index >= 15 is 0 Å². The van der Waals surface area contributed by atoms with Gasteiger partial charge >= 0.3 is 0 Å². The van der Waals surface area contributed by atoms with Crippen molar-refractivity contribution in [3.8, 4) is 6.07 Å². The van der Waals surface area contributed by atoms with E-state index < -0.39 is 0 Å². The second-order valence-electron chi connectivity index (χ2n) is 7.30. The van der Waals surface area contributed by atoms with Gasteiger partial charge in [-0.3, -0.25) is 10.2 Å². The van der Waals surface area contributed by atoms with Crippen molar-refractivity contribution in [2.45, 2.75) is 44.6 Å². The smallest absolute Gasteiger partial charge is 0.122 e. The average Bonchev–Trinajstić information content (AvgIpc) is 3.38. The summed E-state index contributed by atoms with van der Waals surface area (Å²) in [7, 11) is 0. The fourth-order valence-corrected chi connectivity index (χ4v) is 3.57. The van der Waals surface area contributed by atoms with Crippen molar-refractivity contribution in [2.75, 3.05) is 45.8 Å². The molecule has 3 rings (SSSR count). The molecule has 1 unspecified atom stereocenters. The Morgan fingerprint density at radius 1 is 1.10 bits per heavy atom. The predicted molar refractivity (Wildman–Crippen MR) is 85.0 cm³/mol. The number of nitrogens with zero attached hydrogens (tertiary/aromatic N) is 3. The monoisotopic (exact) mass is 290 g/mol. The van der Waals surface area contributed by atoms with Crippen molar-refractivity contribution in [3.63, 3.8) is 0 Å². The third kappa shape index (κ3) is 3.97. The highest BCUT2D eigenvalue weighted by Gasteiger charge is 2.46. The number of nitriles is 1. The zero-order valence-electron chi connectivity index (χ0n) is 13.5. The summed E-state index contributed by atoms with van der Waals surface area (Å²) in [5, 5.41) is 13.4. The van der Waals surface area contributed by atoms with Crippen LogP contribution in [0.2, 0.25) is 0 Å². The van der Waals surface area contributed by atoms with Crippen LogP contribution in [0.4, 0.5) is 0 Å². The van der Waals surface area contributed by atoms with E-state index in [1.807, 2.05) is 0 Å². The molecule has 1 heterocycles. The summed E-state index contributed by atoms with van der Waals surface area (Å²) in [5.74, 6) is 1.57. The van der Waals surface area contributed by atoms with E-state index in [0.29, 0.717) is 5.92 Å². The number of rotatable bonds is 8. The van der Waals surface area contributed by atoms with Crippen LogP contribution in [-0.4, -0.2) is 61.2 Å². The molecular weight excluding hydrogens is 260 g/mol. The van der Waals surface area contributed by atoms with Crippen LogP contribution >= 0.6 is 0 Å². The molecule has 1 N–H and O–H groups in total. The topological polar surface area (TPSA) is 42.3 Å². The van der Waals surface area contributed by atoms with E-state index in [1.54, 1.807) is 0 Å². The summed E-state index contributed by atoms with van der Waals surface area (Å²) in [5.41, 5.74) is -0.283. The first-order chi connectivity index (χ1) is 10.3. The van der Waals surface area contributed by atoms with Crippen molar-refractivity contribution < 1.29 is 0 Å². The highest BCUT2D eigenvalue weighted by atomic mass is 15.3. The summed E-state index contributed by atoms with van der Waals surface area (Å²) in [6, 6.07) is 2.65.